The molecule has 3 heterocycles. The molecule has 0 spiro atoms. The fourth-order valence-corrected chi connectivity index (χ4v) is 5.21. The maximum Gasteiger partial charge on any atom is 0.264 e. The number of aromatic amines is 1. The predicted molar refractivity (Wildman–Crippen MR) is 152 cm³/mol. The highest BCUT2D eigenvalue weighted by Gasteiger charge is 2.23. The number of rotatable bonds is 8. The lowest BCUT2D eigenvalue weighted by Gasteiger charge is -2.28. The van der Waals surface area contributed by atoms with E-state index in [1.165, 1.54) is 0 Å². The summed E-state index contributed by atoms with van der Waals surface area (Å²) >= 11 is 0. The first-order valence-corrected chi connectivity index (χ1v) is 13.0. The van der Waals surface area contributed by atoms with Crippen molar-refractivity contribution in [3.8, 4) is 11.4 Å². The molecule has 0 radical (unpaired) electrons. The lowest BCUT2D eigenvalue weighted by atomic mass is 10.1. The SMILES string of the molecule is COCCNc1c(-c2nc3c(N4CCOCC4)cccc3[nH]2)c(=O)n(Cc2ccccc2)c2ccccc12. The highest BCUT2D eigenvalue weighted by atomic mass is 16.5. The van der Waals surface area contributed by atoms with E-state index in [1.807, 2.05) is 65.2 Å². The average Bonchev–Trinajstić information content (AvgIpc) is 3.40. The Morgan fingerprint density at radius 3 is 2.61 bits per heavy atom. The molecule has 0 aliphatic carbocycles. The van der Waals surface area contributed by atoms with Gasteiger partial charge in [-0.25, -0.2) is 4.98 Å². The largest absolute Gasteiger partial charge is 0.383 e. The number of nitrogens with one attached hydrogen (secondary N) is 2. The van der Waals surface area contributed by atoms with Gasteiger partial charge in [-0.1, -0.05) is 54.6 Å². The van der Waals surface area contributed by atoms with Crippen molar-refractivity contribution in [2.45, 2.75) is 6.54 Å². The molecule has 1 aliphatic rings. The number of hydrogen-bond acceptors (Lipinski definition) is 6. The van der Waals surface area contributed by atoms with Gasteiger partial charge in [-0.2, -0.15) is 0 Å². The molecule has 0 bridgehead atoms. The zero-order valence-electron chi connectivity index (χ0n) is 21.4. The van der Waals surface area contributed by atoms with Crippen molar-refractivity contribution in [1.29, 1.82) is 0 Å². The fraction of sp³-hybridized carbons (Fsp3) is 0.267. The van der Waals surface area contributed by atoms with E-state index in [4.69, 9.17) is 14.5 Å². The molecular formula is C30H31N5O3. The van der Waals surface area contributed by atoms with Crippen LogP contribution in [0.1, 0.15) is 5.56 Å². The molecule has 38 heavy (non-hydrogen) atoms. The smallest absolute Gasteiger partial charge is 0.264 e. The quantitative estimate of drug-likeness (QED) is 0.300. The van der Waals surface area contributed by atoms with Crippen molar-refractivity contribution in [2.75, 3.05) is 56.8 Å². The second kappa shape index (κ2) is 10.7. The maximum absolute atomic E-state index is 14.3. The van der Waals surface area contributed by atoms with Crippen LogP contribution in [-0.2, 0) is 16.0 Å². The molecule has 0 atom stereocenters. The number of benzene rings is 3. The molecule has 8 nitrogen and oxygen atoms in total. The Bertz CT molecular complexity index is 1620. The fourth-order valence-electron chi connectivity index (χ4n) is 5.21. The van der Waals surface area contributed by atoms with E-state index >= 15 is 0 Å². The molecule has 2 aromatic heterocycles. The van der Waals surface area contributed by atoms with Gasteiger partial charge in [-0.3, -0.25) is 4.79 Å². The third-order valence-corrected chi connectivity index (χ3v) is 7.04. The second-order valence-electron chi connectivity index (χ2n) is 9.42. The van der Waals surface area contributed by atoms with Crippen LogP contribution < -0.4 is 15.8 Å². The predicted octanol–water partition coefficient (Wildman–Crippen LogP) is 4.49. The first-order chi connectivity index (χ1) is 18.7. The molecule has 0 saturated carbocycles. The van der Waals surface area contributed by atoms with Gasteiger partial charge in [0, 0.05) is 32.1 Å². The van der Waals surface area contributed by atoms with Crippen molar-refractivity contribution < 1.29 is 9.47 Å². The number of hydrogen-bond donors (Lipinski definition) is 2. The standard InChI is InChI=1S/C30H31N5O3/c1-37-17-14-31-27-22-10-5-6-12-24(22)35(20-21-8-3-2-4-9-21)30(36)26(27)29-32-23-11-7-13-25(28(23)33-29)34-15-18-38-19-16-34/h2-13,31H,14-20H2,1H3,(H,32,33). The molecular weight excluding hydrogens is 478 g/mol. The van der Waals surface area contributed by atoms with E-state index in [1.54, 1.807) is 7.11 Å². The molecule has 1 fully saturated rings. The third kappa shape index (κ3) is 4.53. The summed E-state index contributed by atoms with van der Waals surface area (Å²) in [6.45, 7) is 4.55. The number of ether oxygens (including phenoxy) is 2. The number of morpholine rings is 1. The van der Waals surface area contributed by atoms with Gasteiger partial charge in [-0.05, 0) is 23.8 Å². The van der Waals surface area contributed by atoms with Crippen LogP contribution in [0.5, 0.6) is 0 Å². The van der Waals surface area contributed by atoms with Crippen LogP contribution in [0.4, 0.5) is 11.4 Å². The number of methoxy groups -OCH3 is 1. The summed E-state index contributed by atoms with van der Waals surface area (Å²) < 4.78 is 12.7. The molecule has 1 aliphatic heterocycles. The lowest BCUT2D eigenvalue weighted by Crippen LogP contribution is -2.36. The number of imidazole rings is 1. The van der Waals surface area contributed by atoms with Gasteiger partial charge in [0.2, 0.25) is 0 Å². The number of fused-ring (bicyclic) bond motifs is 2. The van der Waals surface area contributed by atoms with Crippen molar-refractivity contribution in [3.05, 3.63) is 88.7 Å². The zero-order chi connectivity index (χ0) is 25.9. The van der Waals surface area contributed by atoms with Crippen molar-refractivity contribution in [1.82, 2.24) is 14.5 Å². The van der Waals surface area contributed by atoms with E-state index < -0.39 is 0 Å². The Balaban J connectivity index is 1.57. The summed E-state index contributed by atoms with van der Waals surface area (Å²) in [6, 6.07) is 24.2. The molecule has 6 rings (SSSR count). The van der Waals surface area contributed by atoms with Crippen LogP contribution in [0.3, 0.4) is 0 Å². The molecule has 0 amide bonds. The highest BCUT2D eigenvalue weighted by Crippen LogP contribution is 2.34. The summed E-state index contributed by atoms with van der Waals surface area (Å²) in [5.41, 5.74) is 5.93. The molecule has 0 unspecified atom stereocenters. The third-order valence-electron chi connectivity index (χ3n) is 7.04. The molecule has 1 saturated heterocycles. The average molecular weight is 510 g/mol. The summed E-state index contributed by atoms with van der Waals surface area (Å²) in [5, 5.41) is 4.45. The number of aromatic nitrogens is 3. The monoisotopic (exact) mass is 509 g/mol. The normalized spacial score (nSPS) is 13.9. The highest BCUT2D eigenvalue weighted by molar-refractivity contribution is 6.00. The van der Waals surface area contributed by atoms with Crippen LogP contribution in [0, 0.1) is 0 Å². The molecule has 2 N–H and O–H groups in total. The number of para-hydroxylation sites is 2. The lowest BCUT2D eigenvalue weighted by molar-refractivity contribution is 0.123. The minimum Gasteiger partial charge on any atom is -0.383 e. The first kappa shape index (κ1) is 24.2. The Hall–Kier alpha value is -4.14. The first-order valence-electron chi connectivity index (χ1n) is 13.0. The number of anilines is 2. The molecule has 3 aromatic carbocycles. The Morgan fingerprint density at radius 1 is 1.00 bits per heavy atom. The topological polar surface area (TPSA) is 84.4 Å². The summed E-state index contributed by atoms with van der Waals surface area (Å²) in [5.74, 6) is 0.554. The van der Waals surface area contributed by atoms with Gasteiger partial charge in [-0.15, -0.1) is 0 Å². The van der Waals surface area contributed by atoms with Gasteiger partial charge in [0.25, 0.3) is 5.56 Å². The summed E-state index contributed by atoms with van der Waals surface area (Å²) in [6.07, 6.45) is 0. The van der Waals surface area contributed by atoms with Gasteiger partial charge in [0.05, 0.1) is 48.8 Å². The Morgan fingerprint density at radius 2 is 1.79 bits per heavy atom. The van der Waals surface area contributed by atoms with Crippen LogP contribution in [0.25, 0.3) is 33.3 Å². The Kier molecular flexibility index (Phi) is 6.81. The zero-order valence-corrected chi connectivity index (χ0v) is 21.4. The van der Waals surface area contributed by atoms with Gasteiger partial charge >= 0.3 is 0 Å². The summed E-state index contributed by atoms with van der Waals surface area (Å²) in [4.78, 5) is 25.1. The van der Waals surface area contributed by atoms with E-state index in [0.717, 1.165) is 52.0 Å². The van der Waals surface area contributed by atoms with Crippen molar-refractivity contribution >= 4 is 33.3 Å². The number of H-pyrrole nitrogens is 1. The van der Waals surface area contributed by atoms with E-state index in [9.17, 15) is 4.79 Å². The van der Waals surface area contributed by atoms with Crippen molar-refractivity contribution in [2.24, 2.45) is 0 Å². The van der Waals surface area contributed by atoms with Gasteiger partial charge in [0.1, 0.15) is 16.9 Å². The number of nitrogens with zero attached hydrogens (tertiary/aromatic N) is 3. The van der Waals surface area contributed by atoms with E-state index in [-0.39, 0.29) is 5.56 Å². The van der Waals surface area contributed by atoms with Crippen molar-refractivity contribution in [3.63, 3.8) is 0 Å². The van der Waals surface area contributed by atoms with Crippen LogP contribution >= 0.6 is 0 Å². The Labute approximate surface area is 220 Å². The van der Waals surface area contributed by atoms with Crippen LogP contribution in [0.15, 0.2) is 77.6 Å². The minimum atomic E-state index is -0.0977. The molecule has 5 aromatic rings. The van der Waals surface area contributed by atoms with Crippen LogP contribution in [0.2, 0.25) is 0 Å². The van der Waals surface area contributed by atoms with E-state index in [0.29, 0.717) is 44.3 Å². The maximum atomic E-state index is 14.3. The summed E-state index contributed by atoms with van der Waals surface area (Å²) in [7, 11) is 1.67. The minimum absolute atomic E-state index is 0.0977. The second-order valence-corrected chi connectivity index (χ2v) is 9.42. The van der Waals surface area contributed by atoms with E-state index in [2.05, 4.69) is 27.3 Å². The van der Waals surface area contributed by atoms with Gasteiger partial charge < -0.3 is 29.2 Å². The van der Waals surface area contributed by atoms with Crippen LogP contribution in [-0.4, -0.2) is 61.1 Å². The molecule has 8 heteroatoms. The number of pyridine rings is 1. The van der Waals surface area contributed by atoms with Gasteiger partial charge in [0.15, 0.2) is 0 Å². The molecule has 194 valence electrons.